The van der Waals surface area contributed by atoms with Crippen molar-refractivity contribution >= 4 is 11.9 Å². The number of ether oxygens (including phenoxy) is 2. The quantitative estimate of drug-likeness (QED) is 0.694. The van der Waals surface area contributed by atoms with Crippen LogP contribution in [-0.2, 0) is 20.9 Å². The topological polar surface area (TPSA) is 68.7 Å². The molecule has 0 spiro atoms. The van der Waals surface area contributed by atoms with Gasteiger partial charge >= 0.3 is 5.97 Å². The van der Waals surface area contributed by atoms with E-state index in [-0.39, 0.29) is 31.4 Å². The van der Waals surface area contributed by atoms with Crippen molar-refractivity contribution in [3.05, 3.63) is 60.4 Å². The highest BCUT2D eigenvalue weighted by Crippen LogP contribution is 2.10. The Hall–Kier alpha value is -2.89. The lowest BCUT2D eigenvalue weighted by Crippen LogP contribution is -2.36. The molecule has 2 aromatic rings. The van der Waals surface area contributed by atoms with Gasteiger partial charge in [0.25, 0.3) is 5.91 Å². The van der Waals surface area contributed by atoms with Crippen LogP contribution in [0.3, 0.4) is 0 Å². The number of hydrogen-bond donors (Lipinski definition) is 0. The van der Waals surface area contributed by atoms with Crippen molar-refractivity contribution in [2.75, 3.05) is 20.3 Å². The normalized spacial score (nSPS) is 10.0. The number of carbonyl (C=O) groups excluding carboxylic acids is 2. The summed E-state index contributed by atoms with van der Waals surface area (Å²) in [5.41, 5.74) is 0.933. The lowest BCUT2D eigenvalue weighted by molar-refractivity contribution is -0.142. The summed E-state index contributed by atoms with van der Waals surface area (Å²) in [4.78, 5) is 29.4. The zero-order valence-corrected chi connectivity index (χ0v) is 13.6. The maximum absolute atomic E-state index is 12.5. The second-order valence-corrected chi connectivity index (χ2v) is 5.10. The fourth-order valence-corrected chi connectivity index (χ4v) is 2.08. The number of amides is 1. The molecule has 0 aliphatic rings. The molecule has 0 fully saturated rings. The van der Waals surface area contributed by atoms with Gasteiger partial charge in [-0.1, -0.05) is 18.2 Å². The lowest BCUT2D eigenvalue weighted by atomic mass is 10.2. The number of esters is 1. The molecule has 1 heterocycles. The number of para-hydroxylation sites is 1. The minimum Gasteiger partial charge on any atom is -0.484 e. The molecule has 6 heteroatoms. The van der Waals surface area contributed by atoms with Crippen LogP contribution >= 0.6 is 0 Å². The van der Waals surface area contributed by atoms with Crippen LogP contribution < -0.4 is 4.74 Å². The Morgan fingerprint density at radius 2 is 1.79 bits per heavy atom. The third-order valence-corrected chi connectivity index (χ3v) is 3.39. The Morgan fingerprint density at radius 3 is 2.46 bits per heavy atom. The summed E-state index contributed by atoms with van der Waals surface area (Å²) in [5.74, 6) is 0.0775. The van der Waals surface area contributed by atoms with E-state index in [1.54, 1.807) is 29.4 Å². The van der Waals surface area contributed by atoms with Crippen LogP contribution in [0.15, 0.2) is 54.9 Å². The van der Waals surface area contributed by atoms with Crippen molar-refractivity contribution in [3.8, 4) is 5.75 Å². The minimum absolute atomic E-state index is 0.0870. The van der Waals surface area contributed by atoms with Crippen LogP contribution in [0.25, 0.3) is 0 Å². The number of nitrogens with zero attached hydrogens (tertiary/aromatic N) is 2. The molecule has 0 aliphatic heterocycles. The first kappa shape index (κ1) is 17.5. The molecular weight excluding hydrogens is 308 g/mol. The molecule has 0 aliphatic carbocycles. The van der Waals surface area contributed by atoms with E-state index in [9.17, 15) is 9.59 Å². The zero-order chi connectivity index (χ0) is 17.2. The van der Waals surface area contributed by atoms with Gasteiger partial charge in [-0.15, -0.1) is 0 Å². The van der Waals surface area contributed by atoms with Gasteiger partial charge in [-0.2, -0.15) is 0 Å². The highest BCUT2D eigenvalue weighted by atomic mass is 16.5. The molecule has 1 amide bonds. The Balaban J connectivity index is 1.97. The molecule has 2 rings (SSSR count). The molecule has 0 unspecified atom stereocenters. The molecule has 24 heavy (non-hydrogen) atoms. The van der Waals surface area contributed by atoms with Crippen LogP contribution in [0.4, 0.5) is 0 Å². The third-order valence-electron chi connectivity index (χ3n) is 3.39. The molecule has 0 N–H and O–H groups in total. The molecule has 0 radical (unpaired) electrons. The largest absolute Gasteiger partial charge is 0.484 e. The Kier molecular flexibility index (Phi) is 6.76. The van der Waals surface area contributed by atoms with Gasteiger partial charge in [-0.3, -0.25) is 14.6 Å². The zero-order valence-electron chi connectivity index (χ0n) is 13.6. The third kappa shape index (κ3) is 5.72. The second-order valence-electron chi connectivity index (χ2n) is 5.10. The van der Waals surface area contributed by atoms with E-state index in [2.05, 4.69) is 9.72 Å². The Bertz CT molecular complexity index is 647. The summed E-state index contributed by atoms with van der Waals surface area (Å²) in [5, 5.41) is 0. The summed E-state index contributed by atoms with van der Waals surface area (Å²) >= 11 is 0. The summed E-state index contributed by atoms with van der Waals surface area (Å²) in [6, 6.07) is 12.8. The van der Waals surface area contributed by atoms with Gasteiger partial charge in [0.15, 0.2) is 6.61 Å². The number of pyridine rings is 1. The highest BCUT2D eigenvalue weighted by Gasteiger charge is 2.16. The van der Waals surface area contributed by atoms with Gasteiger partial charge in [0, 0.05) is 25.5 Å². The molecule has 6 nitrogen and oxygen atoms in total. The van der Waals surface area contributed by atoms with E-state index >= 15 is 0 Å². The standard InChI is InChI=1S/C18H20N2O4/c1-23-18(22)9-12-20(13-15-7-10-19-11-8-15)17(21)14-24-16-5-3-2-4-6-16/h2-8,10-11H,9,12-14H2,1H3. The fraction of sp³-hybridized carbons (Fsp3) is 0.278. The molecule has 1 aromatic carbocycles. The molecule has 0 atom stereocenters. The van der Waals surface area contributed by atoms with E-state index < -0.39 is 0 Å². The Labute approximate surface area is 141 Å². The number of carbonyl (C=O) groups is 2. The van der Waals surface area contributed by atoms with Crippen LogP contribution in [0.5, 0.6) is 5.75 Å². The van der Waals surface area contributed by atoms with E-state index in [0.29, 0.717) is 12.3 Å². The SMILES string of the molecule is COC(=O)CCN(Cc1ccncc1)C(=O)COc1ccccc1. The minimum atomic E-state index is -0.355. The van der Waals surface area contributed by atoms with Gasteiger partial charge in [-0.25, -0.2) is 0 Å². The maximum atomic E-state index is 12.5. The molecule has 0 bridgehead atoms. The van der Waals surface area contributed by atoms with Crippen LogP contribution in [0, 0.1) is 0 Å². The number of benzene rings is 1. The summed E-state index contributed by atoms with van der Waals surface area (Å²) in [6.45, 7) is 0.568. The molecule has 0 saturated carbocycles. The van der Waals surface area contributed by atoms with Gasteiger partial charge in [0.1, 0.15) is 5.75 Å². The Morgan fingerprint density at radius 1 is 1.08 bits per heavy atom. The fourth-order valence-electron chi connectivity index (χ4n) is 2.08. The maximum Gasteiger partial charge on any atom is 0.307 e. The van der Waals surface area contributed by atoms with Gasteiger partial charge in [0.2, 0.25) is 0 Å². The van der Waals surface area contributed by atoms with E-state index in [1.165, 1.54) is 7.11 Å². The van der Waals surface area contributed by atoms with Crippen molar-refractivity contribution in [2.24, 2.45) is 0 Å². The van der Waals surface area contributed by atoms with E-state index in [0.717, 1.165) is 5.56 Å². The van der Waals surface area contributed by atoms with E-state index in [4.69, 9.17) is 4.74 Å². The van der Waals surface area contributed by atoms with E-state index in [1.807, 2.05) is 30.3 Å². The van der Waals surface area contributed by atoms with Crippen LogP contribution in [0.1, 0.15) is 12.0 Å². The lowest BCUT2D eigenvalue weighted by Gasteiger charge is -2.22. The summed E-state index contributed by atoms with van der Waals surface area (Å²) < 4.78 is 10.1. The molecule has 1 aromatic heterocycles. The highest BCUT2D eigenvalue weighted by molar-refractivity contribution is 5.78. The summed E-state index contributed by atoms with van der Waals surface area (Å²) in [6.07, 6.45) is 3.47. The van der Waals surface area contributed by atoms with Crippen LogP contribution in [0.2, 0.25) is 0 Å². The predicted molar refractivity (Wildman–Crippen MR) is 88.2 cm³/mol. The van der Waals surface area contributed by atoms with Gasteiger partial charge < -0.3 is 14.4 Å². The van der Waals surface area contributed by atoms with Crippen LogP contribution in [-0.4, -0.2) is 42.0 Å². The number of hydrogen-bond acceptors (Lipinski definition) is 5. The van der Waals surface area contributed by atoms with Crippen molar-refractivity contribution < 1.29 is 19.1 Å². The molecule has 0 saturated heterocycles. The van der Waals surface area contributed by atoms with Gasteiger partial charge in [-0.05, 0) is 29.8 Å². The second kappa shape index (κ2) is 9.29. The number of rotatable bonds is 8. The van der Waals surface area contributed by atoms with Crippen molar-refractivity contribution in [1.29, 1.82) is 0 Å². The average molecular weight is 328 g/mol. The first-order valence-corrected chi connectivity index (χ1v) is 7.60. The average Bonchev–Trinajstić information content (AvgIpc) is 2.64. The van der Waals surface area contributed by atoms with Crippen molar-refractivity contribution in [3.63, 3.8) is 0 Å². The first-order valence-electron chi connectivity index (χ1n) is 7.60. The number of methoxy groups -OCH3 is 1. The van der Waals surface area contributed by atoms with Crippen molar-refractivity contribution in [1.82, 2.24) is 9.88 Å². The molecule has 126 valence electrons. The predicted octanol–water partition coefficient (Wildman–Crippen LogP) is 2.05. The van der Waals surface area contributed by atoms with Crippen molar-refractivity contribution in [2.45, 2.75) is 13.0 Å². The number of aromatic nitrogens is 1. The smallest absolute Gasteiger partial charge is 0.307 e. The monoisotopic (exact) mass is 328 g/mol. The first-order chi connectivity index (χ1) is 11.7. The molecular formula is C18H20N2O4. The summed E-state index contributed by atoms with van der Waals surface area (Å²) in [7, 11) is 1.33. The van der Waals surface area contributed by atoms with Gasteiger partial charge in [0.05, 0.1) is 13.5 Å².